The fourth-order valence-electron chi connectivity index (χ4n) is 3.27. The van der Waals surface area contributed by atoms with Gasteiger partial charge in [0, 0.05) is 24.5 Å². The number of fused-ring (bicyclic) bond motifs is 1. The molecule has 0 radical (unpaired) electrons. The molecule has 0 unspecified atom stereocenters. The molecule has 26 heavy (non-hydrogen) atoms. The number of benzene rings is 1. The molecule has 6 nitrogen and oxygen atoms in total. The smallest absolute Gasteiger partial charge is 0.227 e. The molecule has 1 aliphatic heterocycles. The van der Waals surface area contributed by atoms with Crippen LogP contribution in [0.2, 0.25) is 0 Å². The average Bonchev–Trinajstić information content (AvgIpc) is 2.93. The van der Waals surface area contributed by atoms with Crippen molar-refractivity contribution in [1.82, 2.24) is 15.2 Å². The molecule has 0 aliphatic carbocycles. The number of hydrogen-bond donors (Lipinski definition) is 2. The highest BCUT2D eigenvalue weighted by Gasteiger charge is 2.33. The maximum Gasteiger partial charge on any atom is 0.227 e. The van der Waals surface area contributed by atoms with Gasteiger partial charge in [-0.25, -0.2) is 4.98 Å². The van der Waals surface area contributed by atoms with Gasteiger partial charge in [0.1, 0.15) is 5.75 Å². The Balaban J connectivity index is 1.58. The first kappa shape index (κ1) is 18.8. The Morgan fingerprint density at radius 2 is 2.31 bits per heavy atom. The highest BCUT2D eigenvalue weighted by atomic mass is 32.1. The van der Waals surface area contributed by atoms with Gasteiger partial charge in [0.25, 0.3) is 0 Å². The minimum Gasteiger partial charge on any atom is -0.497 e. The summed E-state index contributed by atoms with van der Waals surface area (Å²) in [6.45, 7) is 7.02. The summed E-state index contributed by atoms with van der Waals surface area (Å²) in [5, 5.41) is 7.55. The van der Waals surface area contributed by atoms with Crippen LogP contribution in [-0.4, -0.2) is 46.1 Å². The number of thiazole rings is 1. The second-order valence-corrected chi connectivity index (χ2v) is 8.63. The van der Waals surface area contributed by atoms with Crippen molar-refractivity contribution in [2.24, 2.45) is 0 Å². The number of methoxy groups -OCH3 is 1. The molecule has 1 atom stereocenters. The van der Waals surface area contributed by atoms with Crippen LogP contribution < -0.4 is 15.4 Å². The van der Waals surface area contributed by atoms with Gasteiger partial charge in [-0.3, -0.25) is 4.79 Å². The molecule has 2 aromatic rings. The molecule has 8 heteroatoms. The first-order chi connectivity index (χ1) is 12.3. The number of carbonyl (C=O) groups is 1. The largest absolute Gasteiger partial charge is 0.497 e. The molecule has 1 aromatic carbocycles. The third-order valence-electron chi connectivity index (χ3n) is 4.47. The average molecular weight is 393 g/mol. The quantitative estimate of drug-likeness (QED) is 0.761. The first-order valence-electron chi connectivity index (χ1n) is 8.60. The standard InChI is InChI=1S/C18H24N4O2S2/c1-11-10-18(2,3)21-17(25)22(11)8-7-15(23)20-16-19-13-6-5-12(24-4)9-14(13)26-16/h5-6,9,11H,7-8,10H2,1-4H3,(H,21,25)(H,19,20,23)/t11-/m1/s1. The van der Waals surface area contributed by atoms with Gasteiger partial charge in [-0.15, -0.1) is 0 Å². The van der Waals surface area contributed by atoms with Gasteiger partial charge in [0.15, 0.2) is 10.2 Å². The molecule has 1 saturated heterocycles. The maximum absolute atomic E-state index is 12.3. The van der Waals surface area contributed by atoms with Gasteiger partial charge in [-0.2, -0.15) is 0 Å². The zero-order valence-corrected chi connectivity index (χ0v) is 17.1. The molecule has 0 saturated carbocycles. The van der Waals surface area contributed by atoms with Crippen LogP contribution in [0.25, 0.3) is 10.2 Å². The number of thiocarbonyl (C=S) groups is 1. The van der Waals surface area contributed by atoms with Crippen molar-refractivity contribution >= 4 is 49.9 Å². The summed E-state index contributed by atoms with van der Waals surface area (Å²) in [6.07, 6.45) is 1.35. The minimum atomic E-state index is -0.0594. The number of nitrogens with zero attached hydrogens (tertiary/aromatic N) is 2. The minimum absolute atomic E-state index is 0.00267. The lowest BCUT2D eigenvalue weighted by molar-refractivity contribution is -0.116. The van der Waals surface area contributed by atoms with Crippen molar-refractivity contribution in [3.63, 3.8) is 0 Å². The Hall–Kier alpha value is -1.93. The van der Waals surface area contributed by atoms with E-state index in [4.69, 9.17) is 17.0 Å². The summed E-state index contributed by atoms with van der Waals surface area (Å²) < 4.78 is 6.20. The molecule has 1 amide bonds. The van der Waals surface area contributed by atoms with E-state index in [9.17, 15) is 4.79 Å². The summed E-state index contributed by atoms with van der Waals surface area (Å²) >= 11 is 6.91. The molecule has 1 fully saturated rings. The SMILES string of the molecule is COc1ccc2nc(NC(=O)CCN3C(=S)NC(C)(C)C[C@H]3C)sc2c1. The predicted octanol–water partition coefficient (Wildman–Crippen LogP) is 3.38. The van der Waals surface area contributed by atoms with Crippen molar-refractivity contribution in [3.05, 3.63) is 18.2 Å². The summed E-state index contributed by atoms with van der Waals surface area (Å²) in [5.74, 6) is 0.720. The van der Waals surface area contributed by atoms with E-state index in [0.29, 0.717) is 29.3 Å². The third kappa shape index (κ3) is 4.24. The molecule has 0 spiro atoms. The number of nitrogens with one attached hydrogen (secondary N) is 2. The number of rotatable bonds is 5. The predicted molar refractivity (Wildman–Crippen MR) is 110 cm³/mol. The summed E-state index contributed by atoms with van der Waals surface area (Å²) in [5.41, 5.74) is 0.848. The van der Waals surface area contributed by atoms with Gasteiger partial charge in [-0.1, -0.05) is 11.3 Å². The Labute approximate surface area is 162 Å². The second-order valence-electron chi connectivity index (χ2n) is 7.21. The normalized spacial score (nSPS) is 19.3. The van der Waals surface area contributed by atoms with E-state index in [-0.39, 0.29) is 11.4 Å². The number of aromatic nitrogens is 1. The molecule has 2 N–H and O–H groups in total. The number of carbonyl (C=O) groups excluding carboxylic acids is 1. The fraction of sp³-hybridized carbons (Fsp3) is 0.500. The van der Waals surface area contributed by atoms with Crippen LogP contribution >= 0.6 is 23.6 Å². The van der Waals surface area contributed by atoms with Crippen LogP contribution in [-0.2, 0) is 4.79 Å². The maximum atomic E-state index is 12.3. The van der Waals surface area contributed by atoms with E-state index in [2.05, 4.69) is 41.3 Å². The molecular weight excluding hydrogens is 368 g/mol. The van der Waals surface area contributed by atoms with E-state index in [1.807, 2.05) is 18.2 Å². The lowest BCUT2D eigenvalue weighted by Crippen LogP contribution is -2.60. The number of amides is 1. The van der Waals surface area contributed by atoms with E-state index in [1.165, 1.54) is 11.3 Å². The summed E-state index contributed by atoms with van der Waals surface area (Å²) in [6, 6.07) is 5.98. The van der Waals surface area contributed by atoms with E-state index in [1.54, 1.807) is 7.11 Å². The fourth-order valence-corrected chi connectivity index (χ4v) is 4.73. The van der Waals surface area contributed by atoms with Crippen LogP contribution in [0.3, 0.4) is 0 Å². The zero-order chi connectivity index (χ0) is 18.9. The topological polar surface area (TPSA) is 66.5 Å². The molecule has 140 valence electrons. The Morgan fingerprint density at radius 3 is 3.00 bits per heavy atom. The highest BCUT2D eigenvalue weighted by molar-refractivity contribution is 7.80. The van der Waals surface area contributed by atoms with E-state index >= 15 is 0 Å². The van der Waals surface area contributed by atoms with Gasteiger partial charge in [0.2, 0.25) is 5.91 Å². The summed E-state index contributed by atoms with van der Waals surface area (Å²) in [7, 11) is 1.63. The third-order valence-corrected chi connectivity index (χ3v) is 5.74. The lowest BCUT2D eigenvalue weighted by atomic mass is 9.93. The van der Waals surface area contributed by atoms with Crippen molar-refractivity contribution in [2.45, 2.75) is 45.2 Å². The van der Waals surface area contributed by atoms with Gasteiger partial charge in [0.05, 0.1) is 17.3 Å². The van der Waals surface area contributed by atoms with E-state index in [0.717, 1.165) is 22.4 Å². The van der Waals surface area contributed by atoms with Gasteiger partial charge in [-0.05, 0) is 57.6 Å². The summed E-state index contributed by atoms with van der Waals surface area (Å²) in [4.78, 5) is 18.9. The Kier molecular flexibility index (Phi) is 5.34. The van der Waals surface area contributed by atoms with Gasteiger partial charge < -0.3 is 20.3 Å². The van der Waals surface area contributed by atoms with Crippen molar-refractivity contribution in [3.8, 4) is 5.75 Å². The number of anilines is 1. The monoisotopic (exact) mass is 392 g/mol. The molecule has 3 rings (SSSR count). The Bertz CT molecular complexity index is 834. The molecule has 1 aliphatic rings. The van der Waals surface area contributed by atoms with Crippen molar-refractivity contribution in [2.75, 3.05) is 19.0 Å². The van der Waals surface area contributed by atoms with E-state index < -0.39 is 0 Å². The second kappa shape index (κ2) is 7.36. The first-order valence-corrected chi connectivity index (χ1v) is 9.83. The molecular formula is C18H24N4O2S2. The highest BCUT2D eigenvalue weighted by Crippen LogP contribution is 2.29. The number of hydrogen-bond acceptors (Lipinski definition) is 5. The van der Waals surface area contributed by atoms with Crippen molar-refractivity contribution in [1.29, 1.82) is 0 Å². The lowest BCUT2D eigenvalue weighted by Gasteiger charge is -2.44. The molecule has 0 bridgehead atoms. The van der Waals surface area contributed by atoms with Crippen LogP contribution in [0.1, 0.15) is 33.6 Å². The molecule has 1 aromatic heterocycles. The number of ether oxygens (including phenoxy) is 1. The zero-order valence-electron chi connectivity index (χ0n) is 15.5. The van der Waals surface area contributed by atoms with Crippen LogP contribution in [0.15, 0.2) is 18.2 Å². The van der Waals surface area contributed by atoms with Crippen LogP contribution in [0, 0.1) is 0 Å². The van der Waals surface area contributed by atoms with Crippen molar-refractivity contribution < 1.29 is 9.53 Å². The molecule has 2 heterocycles. The Morgan fingerprint density at radius 1 is 1.54 bits per heavy atom. The van der Waals surface area contributed by atoms with Crippen LogP contribution in [0.5, 0.6) is 5.75 Å². The van der Waals surface area contributed by atoms with Crippen LogP contribution in [0.4, 0.5) is 5.13 Å². The van der Waals surface area contributed by atoms with Gasteiger partial charge >= 0.3 is 0 Å².